The number of hydrogen-bond donors (Lipinski definition) is 2. The van der Waals surface area contributed by atoms with Gasteiger partial charge in [0, 0.05) is 35.4 Å². The number of benzene rings is 1. The minimum absolute atomic E-state index is 0.300. The van der Waals surface area contributed by atoms with Gasteiger partial charge in [-0.3, -0.25) is 0 Å². The molecule has 0 radical (unpaired) electrons. The number of hydroxylamine groups is 3. The quantitative estimate of drug-likeness (QED) is 0.590. The van der Waals surface area contributed by atoms with E-state index < -0.39 is 0 Å². The number of H-pyrrole nitrogens is 1. The number of nitrogens with zero attached hydrogens (tertiary/aromatic N) is 1. The second-order valence-electron chi connectivity index (χ2n) is 7.18. The number of quaternary nitrogens is 1. The van der Waals surface area contributed by atoms with Gasteiger partial charge >= 0.3 is 0 Å². The Morgan fingerprint density at radius 3 is 2.38 bits per heavy atom. The summed E-state index contributed by atoms with van der Waals surface area (Å²) in [5.74, 6) is 1.55. The van der Waals surface area contributed by atoms with Crippen molar-refractivity contribution in [2.75, 3.05) is 19.6 Å². The Balaban J connectivity index is 1.47. The van der Waals surface area contributed by atoms with Crippen LogP contribution in [0.2, 0.25) is 0 Å². The lowest BCUT2D eigenvalue weighted by molar-refractivity contribution is -1.10. The number of para-hydroxylation sites is 1. The molecule has 2 N–H and O–H groups in total. The number of rotatable bonds is 7. The fraction of sp³-hybridized carbons (Fsp3) is 0.556. The first kappa shape index (κ1) is 13.4. The van der Waals surface area contributed by atoms with Crippen molar-refractivity contribution >= 4 is 10.9 Å². The average Bonchev–Trinajstić information content (AvgIpc) is 3.39. The average molecular weight is 285 g/mol. The maximum Gasteiger partial charge on any atom is 0.113 e. The maximum absolute atomic E-state index is 11.0. The van der Waals surface area contributed by atoms with Crippen molar-refractivity contribution < 1.29 is 9.85 Å². The Hall–Kier alpha value is -1.32. The van der Waals surface area contributed by atoms with Crippen LogP contribution in [-0.4, -0.2) is 34.5 Å². The molecule has 1 aromatic carbocycles. The van der Waals surface area contributed by atoms with Crippen LogP contribution in [0.3, 0.4) is 0 Å². The molecule has 0 spiro atoms. The maximum atomic E-state index is 11.0. The van der Waals surface area contributed by atoms with E-state index in [0.29, 0.717) is 4.65 Å². The summed E-state index contributed by atoms with van der Waals surface area (Å²) < 4.78 is 0.300. The zero-order valence-corrected chi connectivity index (χ0v) is 12.6. The second-order valence-corrected chi connectivity index (χ2v) is 7.18. The molecule has 2 fully saturated rings. The van der Waals surface area contributed by atoms with E-state index in [1.807, 2.05) is 0 Å². The first-order valence-corrected chi connectivity index (χ1v) is 8.36. The van der Waals surface area contributed by atoms with E-state index in [0.717, 1.165) is 37.9 Å². The lowest BCUT2D eigenvalue weighted by Crippen LogP contribution is -2.49. The van der Waals surface area contributed by atoms with Crippen LogP contribution in [0.15, 0.2) is 30.5 Å². The van der Waals surface area contributed by atoms with Crippen molar-refractivity contribution in [3.8, 4) is 0 Å². The summed E-state index contributed by atoms with van der Waals surface area (Å²) in [7, 11) is 0. The normalized spacial score (nSPS) is 19.3. The van der Waals surface area contributed by atoms with E-state index in [1.165, 1.54) is 42.1 Å². The molecule has 2 aliphatic carbocycles. The van der Waals surface area contributed by atoms with E-state index in [2.05, 4.69) is 35.4 Å². The third-order valence-electron chi connectivity index (χ3n) is 5.06. The number of aromatic nitrogens is 1. The summed E-state index contributed by atoms with van der Waals surface area (Å²) in [5, 5.41) is 12.3. The number of nitrogens with one attached hydrogen (secondary N) is 1. The highest BCUT2D eigenvalue weighted by Gasteiger charge is 2.40. The Labute approximate surface area is 126 Å². The van der Waals surface area contributed by atoms with Crippen LogP contribution in [0.1, 0.15) is 31.2 Å². The second kappa shape index (κ2) is 5.15. The van der Waals surface area contributed by atoms with Gasteiger partial charge in [0.1, 0.15) is 19.6 Å². The molecule has 0 amide bonds. The summed E-state index contributed by atoms with van der Waals surface area (Å²) in [6.07, 6.45) is 8.34. The molecule has 0 atom stereocenters. The molecule has 1 heterocycles. The van der Waals surface area contributed by atoms with Crippen LogP contribution < -0.4 is 0 Å². The number of hydrogen-bond acceptors (Lipinski definition) is 1. The van der Waals surface area contributed by atoms with Crippen molar-refractivity contribution in [3.63, 3.8) is 0 Å². The highest BCUT2D eigenvalue weighted by molar-refractivity contribution is 5.82. The van der Waals surface area contributed by atoms with Gasteiger partial charge in [-0.25, -0.2) is 5.21 Å². The molecule has 3 nitrogen and oxygen atoms in total. The number of aromatic amines is 1. The van der Waals surface area contributed by atoms with E-state index in [9.17, 15) is 5.21 Å². The standard InChI is InChI=1S/C18H25N2O/c21-20(12-14-5-6-14,13-15-7-8-15)10-9-16-11-19-18-4-2-1-3-17(16)18/h1-4,11,14-15,19,21H,5-10,12-13H2/q+1. The van der Waals surface area contributed by atoms with Gasteiger partial charge in [-0.15, -0.1) is 0 Å². The molecule has 0 unspecified atom stereocenters. The molecule has 1 aromatic heterocycles. The van der Waals surface area contributed by atoms with Crippen LogP contribution >= 0.6 is 0 Å². The third kappa shape index (κ3) is 3.14. The monoisotopic (exact) mass is 285 g/mol. The Kier molecular flexibility index (Phi) is 3.27. The fourth-order valence-electron chi connectivity index (χ4n) is 3.49. The minimum atomic E-state index is 0.300. The SMILES string of the molecule is O[N+](CCc1c[nH]c2ccccc12)(CC1CC1)CC1CC1. The molecule has 0 saturated heterocycles. The summed E-state index contributed by atoms with van der Waals surface area (Å²) in [6, 6.07) is 8.45. The molecule has 2 saturated carbocycles. The van der Waals surface area contributed by atoms with Gasteiger partial charge in [-0.2, -0.15) is 4.65 Å². The van der Waals surface area contributed by atoms with Crippen molar-refractivity contribution in [1.29, 1.82) is 0 Å². The molecule has 3 heteroatoms. The van der Waals surface area contributed by atoms with E-state index in [-0.39, 0.29) is 0 Å². The molecule has 21 heavy (non-hydrogen) atoms. The lowest BCUT2D eigenvalue weighted by Gasteiger charge is -2.30. The van der Waals surface area contributed by atoms with Crippen LogP contribution in [0, 0.1) is 11.8 Å². The molecule has 0 aliphatic heterocycles. The fourth-order valence-corrected chi connectivity index (χ4v) is 3.49. The highest BCUT2D eigenvalue weighted by Crippen LogP contribution is 2.36. The van der Waals surface area contributed by atoms with Crippen LogP contribution in [0.25, 0.3) is 10.9 Å². The molecular formula is C18H25N2O+. The molecule has 0 bridgehead atoms. The van der Waals surface area contributed by atoms with E-state index in [1.54, 1.807) is 0 Å². The largest absolute Gasteiger partial charge is 0.361 e. The van der Waals surface area contributed by atoms with Crippen molar-refractivity contribution in [1.82, 2.24) is 4.98 Å². The van der Waals surface area contributed by atoms with Crippen LogP contribution in [0.5, 0.6) is 0 Å². The predicted molar refractivity (Wildman–Crippen MR) is 84.1 cm³/mol. The molecule has 2 aromatic rings. The van der Waals surface area contributed by atoms with Crippen molar-refractivity contribution in [2.45, 2.75) is 32.1 Å². The van der Waals surface area contributed by atoms with E-state index >= 15 is 0 Å². The molecule has 4 rings (SSSR count). The number of fused-ring (bicyclic) bond motifs is 1. The van der Waals surface area contributed by atoms with Gasteiger partial charge in [0.2, 0.25) is 0 Å². The smallest absolute Gasteiger partial charge is 0.113 e. The zero-order chi connectivity index (χ0) is 14.3. The summed E-state index contributed by atoms with van der Waals surface area (Å²) >= 11 is 0. The van der Waals surface area contributed by atoms with Gasteiger partial charge in [0.25, 0.3) is 0 Å². The summed E-state index contributed by atoms with van der Waals surface area (Å²) in [6.45, 7) is 2.80. The first-order chi connectivity index (χ1) is 10.2. The predicted octanol–water partition coefficient (Wildman–Crippen LogP) is 3.74. The van der Waals surface area contributed by atoms with E-state index in [4.69, 9.17) is 0 Å². The Morgan fingerprint density at radius 1 is 1.05 bits per heavy atom. The molecule has 112 valence electrons. The highest BCUT2D eigenvalue weighted by atomic mass is 16.5. The van der Waals surface area contributed by atoms with Crippen LogP contribution in [-0.2, 0) is 6.42 Å². The lowest BCUT2D eigenvalue weighted by atomic mass is 10.1. The van der Waals surface area contributed by atoms with Crippen molar-refractivity contribution in [2.24, 2.45) is 11.8 Å². The summed E-state index contributed by atoms with van der Waals surface area (Å²) in [5.41, 5.74) is 2.54. The minimum Gasteiger partial charge on any atom is -0.361 e. The van der Waals surface area contributed by atoms with Gasteiger partial charge < -0.3 is 4.98 Å². The van der Waals surface area contributed by atoms with Gasteiger partial charge in [-0.1, -0.05) is 18.2 Å². The molecular weight excluding hydrogens is 260 g/mol. The summed E-state index contributed by atoms with van der Waals surface area (Å²) in [4.78, 5) is 3.34. The first-order valence-electron chi connectivity index (χ1n) is 8.36. The van der Waals surface area contributed by atoms with Gasteiger partial charge in [0.15, 0.2) is 0 Å². The zero-order valence-electron chi connectivity index (χ0n) is 12.6. The Bertz CT molecular complexity index is 611. The van der Waals surface area contributed by atoms with Gasteiger partial charge in [-0.05, 0) is 37.3 Å². The van der Waals surface area contributed by atoms with Crippen LogP contribution in [0.4, 0.5) is 0 Å². The molecule has 2 aliphatic rings. The Morgan fingerprint density at radius 2 is 1.71 bits per heavy atom. The third-order valence-corrected chi connectivity index (χ3v) is 5.06. The topological polar surface area (TPSA) is 36.0 Å². The van der Waals surface area contributed by atoms with Gasteiger partial charge in [0.05, 0.1) is 0 Å². The van der Waals surface area contributed by atoms with Crippen molar-refractivity contribution in [3.05, 3.63) is 36.0 Å².